The minimum Gasteiger partial charge on any atom is -0.378 e. The lowest BCUT2D eigenvalue weighted by Crippen LogP contribution is -2.51. The third-order valence-corrected chi connectivity index (χ3v) is 5.81. The SMILES string of the molecule is CCNC(=NCC(C)(C)NS(C)(=O)=O)N1CCC(C(=O)N2CCOCC2)CC1. The smallest absolute Gasteiger partial charge is 0.225 e. The van der Waals surface area contributed by atoms with Crippen LogP contribution in [0.5, 0.6) is 0 Å². The number of likely N-dealkylation sites (tertiary alicyclic amines) is 1. The van der Waals surface area contributed by atoms with E-state index in [1.807, 2.05) is 25.7 Å². The molecule has 0 aromatic rings. The van der Waals surface area contributed by atoms with Crippen LogP contribution in [-0.4, -0.2) is 94.4 Å². The van der Waals surface area contributed by atoms with Crippen molar-refractivity contribution in [1.29, 1.82) is 0 Å². The maximum absolute atomic E-state index is 12.7. The molecule has 0 unspecified atom stereocenters. The molecule has 9 nitrogen and oxygen atoms in total. The summed E-state index contributed by atoms with van der Waals surface area (Å²) in [5.41, 5.74) is -0.668. The number of hydrogen-bond donors (Lipinski definition) is 2. The number of hydrogen-bond acceptors (Lipinski definition) is 5. The quantitative estimate of drug-likeness (QED) is 0.460. The van der Waals surface area contributed by atoms with Crippen LogP contribution in [0, 0.1) is 5.92 Å². The minimum absolute atomic E-state index is 0.0561. The number of ether oxygens (including phenoxy) is 1. The van der Waals surface area contributed by atoms with Gasteiger partial charge in [0.05, 0.1) is 26.0 Å². The van der Waals surface area contributed by atoms with Gasteiger partial charge in [-0.05, 0) is 33.6 Å². The molecule has 2 saturated heterocycles. The molecule has 10 heteroatoms. The van der Waals surface area contributed by atoms with Crippen LogP contribution in [0.1, 0.15) is 33.6 Å². The molecule has 0 saturated carbocycles. The van der Waals surface area contributed by atoms with Gasteiger partial charge < -0.3 is 19.9 Å². The maximum atomic E-state index is 12.7. The fourth-order valence-corrected chi connectivity index (χ4v) is 4.68. The lowest BCUT2D eigenvalue weighted by molar-refractivity contribution is -0.140. The fraction of sp³-hybridized carbons (Fsp3) is 0.889. The van der Waals surface area contributed by atoms with Gasteiger partial charge in [-0.25, -0.2) is 13.1 Å². The van der Waals surface area contributed by atoms with E-state index < -0.39 is 15.6 Å². The summed E-state index contributed by atoms with van der Waals surface area (Å²) < 4.78 is 31.0. The largest absolute Gasteiger partial charge is 0.378 e. The van der Waals surface area contributed by atoms with Gasteiger partial charge in [0.25, 0.3) is 0 Å². The molecule has 0 radical (unpaired) electrons. The second-order valence-corrected chi connectivity index (χ2v) is 9.88. The van der Waals surface area contributed by atoms with E-state index in [4.69, 9.17) is 4.74 Å². The second-order valence-electron chi connectivity index (χ2n) is 8.13. The van der Waals surface area contributed by atoms with Crippen molar-refractivity contribution in [1.82, 2.24) is 19.8 Å². The Bertz CT molecular complexity index is 651. The molecule has 2 N–H and O–H groups in total. The highest BCUT2D eigenvalue weighted by Gasteiger charge is 2.30. The highest BCUT2D eigenvalue weighted by molar-refractivity contribution is 7.88. The van der Waals surface area contributed by atoms with Gasteiger partial charge in [0.15, 0.2) is 5.96 Å². The Hall–Kier alpha value is -1.39. The number of amides is 1. The van der Waals surface area contributed by atoms with Crippen molar-refractivity contribution in [3.63, 3.8) is 0 Å². The van der Waals surface area contributed by atoms with Crippen LogP contribution >= 0.6 is 0 Å². The van der Waals surface area contributed by atoms with Crippen LogP contribution in [0.4, 0.5) is 0 Å². The molecule has 2 rings (SSSR count). The van der Waals surface area contributed by atoms with Gasteiger partial charge >= 0.3 is 0 Å². The summed E-state index contributed by atoms with van der Waals surface area (Å²) in [5.74, 6) is 1.06. The molecule has 2 fully saturated rings. The predicted octanol–water partition coefficient (Wildman–Crippen LogP) is -0.149. The van der Waals surface area contributed by atoms with Crippen molar-refractivity contribution >= 4 is 21.9 Å². The topological polar surface area (TPSA) is 103 Å². The van der Waals surface area contributed by atoms with Crippen molar-refractivity contribution in [3.05, 3.63) is 0 Å². The zero-order valence-corrected chi connectivity index (χ0v) is 18.3. The molecule has 2 aliphatic rings. The van der Waals surface area contributed by atoms with Crippen LogP contribution < -0.4 is 10.0 Å². The number of aliphatic imine (C=N–C) groups is 1. The molecule has 162 valence electrons. The van der Waals surface area contributed by atoms with Gasteiger partial charge in [-0.2, -0.15) is 0 Å². The summed E-state index contributed by atoms with van der Waals surface area (Å²) in [6, 6.07) is 0. The number of morpholine rings is 1. The van der Waals surface area contributed by atoms with Gasteiger partial charge in [0.1, 0.15) is 0 Å². The summed E-state index contributed by atoms with van der Waals surface area (Å²) in [4.78, 5) is 21.4. The van der Waals surface area contributed by atoms with Crippen LogP contribution in [0.3, 0.4) is 0 Å². The zero-order valence-electron chi connectivity index (χ0n) is 17.5. The van der Waals surface area contributed by atoms with E-state index in [2.05, 4.69) is 19.9 Å². The molecule has 0 aromatic carbocycles. The van der Waals surface area contributed by atoms with Crippen LogP contribution in [0.25, 0.3) is 0 Å². The van der Waals surface area contributed by atoms with E-state index >= 15 is 0 Å². The third-order valence-electron chi connectivity index (χ3n) is 4.89. The van der Waals surface area contributed by atoms with Crippen molar-refractivity contribution in [2.24, 2.45) is 10.9 Å². The predicted molar refractivity (Wildman–Crippen MR) is 110 cm³/mol. The number of guanidine groups is 1. The number of piperidine rings is 1. The summed E-state index contributed by atoms with van der Waals surface area (Å²) in [6.07, 6.45) is 2.75. The summed E-state index contributed by atoms with van der Waals surface area (Å²) in [6.45, 7) is 10.8. The van der Waals surface area contributed by atoms with Gasteiger partial charge in [-0.3, -0.25) is 9.79 Å². The molecule has 1 amide bonds. The van der Waals surface area contributed by atoms with Crippen molar-refractivity contribution in [3.8, 4) is 0 Å². The average Bonchev–Trinajstić information content (AvgIpc) is 2.63. The minimum atomic E-state index is -3.30. The second kappa shape index (κ2) is 9.89. The van der Waals surface area contributed by atoms with E-state index in [0.717, 1.165) is 44.7 Å². The van der Waals surface area contributed by atoms with Crippen molar-refractivity contribution in [2.45, 2.75) is 39.2 Å². The fourth-order valence-electron chi connectivity index (χ4n) is 3.61. The molecule has 28 heavy (non-hydrogen) atoms. The molecular weight excluding hydrogens is 382 g/mol. The van der Waals surface area contributed by atoms with Gasteiger partial charge in [-0.15, -0.1) is 0 Å². The van der Waals surface area contributed by atoms with E-state index in [-0.39, 0.29) is 11.8 Å². The molecular formula is C18H35N5O4S. The number of nitrogens with one attached hydrogen (secondary N) is 2. The number of carbonyl (C=O) groups excluding carboxylic acids is 1. The molecule has 2 heterocycles. The Morgan fingerprint density at radius 2 is 1.75 bits per heavy atom. The average molecular weight is 418 g/mol. The van der Waals surface area contributed by atoms with E-state index in [1.54, 1.807) is 0 Å². The monoisotopic (exact) mass is 417 g/mol. The van der Waals surface area contributed by atoms with Crippen molar-refractivity contribution in [2.75, 3.05) is 58.7 Å². The first-order valence-electron chi connectivity index (χ1n) is 10.00. The van der Waals surface area contributed by atoms with Gasteiger partial charge in [0.2, 0.25) is 15.9 Å². The Morgan fingerprint density at radius 3 is 2.29 bits per heavy atom. The normalized spacial score (nSPS) is 20.4. The number of sulfonamides is 1. The van der Waals surface area contributed by atoms with E-state index in [0.29, 0.717) is 32.8 Å². The first-order chi connectivity index (χ1) is 13.1. The first kappa shape index (κ1) is 22.9. The Balaban J connectivity index is 1.93. The van der Waals surface area contributed by atoms with Gasteiger partial charge in [0, 0.05) is 44.2 Å². The van der Waals surface area contributed by atoms with Crippen molar-refractivity contribution < 1.29 is 17.9 Å². The molecule has 2 aliphatic heterocycles. The number of rotatable bonds is 6. The molecule has 0 bridgehead atoms. The molecule has 0 aliphatic carbocycles. The standard InChI is InChI=1S/C18H35N5O4S/c1-5-19-17(20-14-18(2,3)21-28(4,25)26)23-8-6-15(7-9-23)16(24)22-10-12-27-13-11-22/h15,21H,5-14H2,1-4H3,(H,19,20). The lowest BCUT2D eigenvalue weighted by atomic mass is 9.95. The highest BCUT2D eigenvalue weighted by atomic mass is 32.2. The van der Waals surface area contributed by atoms with E-state index in [9.17, 15) is 13.2 Å². The molecule has 0 aromatic heterocycles. The van der Waals surface area contributed by atoms with E-state index in [1.165, 1.54) is 0 Å². The maximum Gasteiger partial charge on any atom is 0.225 e. The molecule has 0 spiro atoms. The summed E-state index contributed by atoms with van der Waals surface area (Å²) >= 11 is 0. The number of carbonyl (C=O) groups is 1. The summed E-state index contributed by atoms with van der Waals surface area (Å²) in [7, 11) is -3.30. The first-order valence-corrected chi connectivity index (χ1v) is 11.9. The Morgan fingerprint density at radius 1 is 1.14 bits per heavy atom. The third kappa shape index (κ3) is 7.21. The number of nitrogens with zero attached hydrogens (tertiary/aromatic N) is 3. The Labute approximate surface area is 168 Å². The zero-order chi connectivity index (χ0) is 20.8. The lowest BCUT2D eigenvalue weighted by Gasteiger charge is -2.37. The van der Waals surface area contributed by atoms with Crippen LogP contribution in [0.15, 0.2) is 4.99 Å². The molecule has 0 atom stereocenters. The highest BCUT2D eigenvalue weighted by Crippen LogP contribution is 2.20. The Kier molecular flexibility index (Phi) is 8.08. The summed E-state index contributed by atoms with van der Waals surface area (Å²) in [5, 5.41) is 3.28. The van der Waals surface area contributed by atoms with Gasteiger partial charge in [-0.1, -0.05) is 0 Å². The van der Waals surface area contributed by atoms with Crippen LogP contribution in [0.2, 0.25) is 0 Å². The van der Waals surface area contributed by atoms with Crippen LogP contribution in [-0.2, 0) is 19.6 Å².